The molecule has 1 heterocycles. The molecule has 4 heteroatoms. The molecule has 4 nitrogen and oxygen atoms in total. The van der Waals surface area contributed by atoms with Gasteiger partial charge in [0.15, 0.2) is 5.76 Å². The van der Waals surface area contributed by atoms with Crippen LogP contribution in [0, 0.1) is 6.92 Å². The van der Waals surface area contributed by atoms with Crippen LogP contribution in [0.4, 0.5) is 0 Å². The normalized spacial score (nSPS) is 13.9. The van der Waals surface area contributed by atoms with E-state index >= 15 is 0 Å². The molecule has 0 N–H and O–H groups in total. The van der Waals surface area contributed by atoms with E-state index in [0.717, 1.165) is 16.9 Å². The molecule has 0 aromatic heterocycles. The van der Waals surface area contributed by atoms with Gasteiger partial charge in [0.1, 0.15) is 23.9 Å². The van der Waals surface area contributed by atoms with Gasteiger partial charge in [-0.15, -0.1) is 0 Å². The Labute approximate surface area is 170 Å². The second-order valence-corrected chi connectivity index (χ2v) is 6.78. The first-order chi connectivity index (χ1) is 14.2. The molecule has 3 aromatic rings. The van der Waals surface area contributed by atoms with Gasteiger partial charge in [0.2, 0.25) is 5.78 Å². The monoisotopic (exact) mass is 386 g/mol. The van der Waals surface area contributed by atoms with Crippen LogP contribution in [0.3, 0.4) is 0 Å². The third-order valence-corrected chi connectivity index (χ3v) is 4.80. The Morgan fingerprint density at radius 3 is 2.59 bits per heavy atom. The first-order valence-corrected chi connectivity index (χ1v) is 9.63. The van der Waals surface area contributed by atoms with Crippen LogP contribution in [-0.4, -0.2) is 12.4 Å². The van der Waals surface area contributed by atoms with E-state index in [1.165, 1.54) is 5.56 Å². The summed E-state index contributed by atoms with van der Waals surface area (Å²) in [5, 5.41) is 0. The van der Waals surface area contributed by atoms with Crippen molar-refractivity contribution in [3.05, 3.63) is 94.7 Å². The lowest BCUT2D eigenvalue weighted by molar-refractivity contribution is 0.101. The predicted molar refractivity (Wildman–Crippen MR) is 112 cm³/mol. The summed E-state index contributed by atoms with van der Waals surface area (Å²) < 4.78 is 17.4. The fourth-order valence-electron chi connectivity index (χ4n) is 3.22. The van der Waals surface area contributed by atoms with Crippen molar-refractivity contribution >= 4 is 11.9 Å². The summed E-state index contributed by atoms with van der Waals surface area (Å²) >= 11 is 0. The van der Waals surface area contributed by atoms with E-state index in [0.29, 0.717) is 30.3 Å². The molecule has 0 bridgehead atoms. The molecule has 4 rings (SSSR count). The minimum absolute atomic E-state index is 0.142. The average Bonchev–Trinajstić information content (AvgIpc) is 3.04. The standard InChI is InChI=1S/C25H22O4/c1-3-27-22-11-7-6-9-18(22)14-24-25(26)21-13-12-20(15-23(21)29-24)28-16-19-10-5-4-8-17(19)2/h4-15H,3,16H2,1-2H3. The van der Waals surface area contributed by atoms with Crippen LogP contribution in [0.15, 0.2) is 72.5 Å². The summed E-state index contributed by atoms with van der Waals surface area (Å²) in [6.07, 6.45) is 1.72. The van der Waals surface area contributed by atoms with Crippen molar-refractivity contribution < 1.29 is 19.0 Å². The number of hydrogen-bond donors (Lipinski definition) is 0. The van der Waals surface area contributed by atoms with Crippen LogP contribution >= 0.6 is 0 Å². The van der Waals surface area contributed by atoms with E-state index in [1.807, 2.05) is 49.4 Å². The number of hydrogen-bond acceptors (Lipinski definition) is 4. The molecule has 0 saturated heterocycles. The Balaban J connectivity index is 1.54. The quantitative estimate of drug-likeness (QED) is 0.518. The van der Waals surface area contributed by atoms with E-state index in [1.54, 1.807) is 24.3 Å². The maximum absolute atomic E-state index is 12.7. The maximum Gasteiger partial charge on any atom is 0.231 e. The lowest BCUT2D eigenvalue weighted by Gasteiger charge is -2.09. The van der Waals surface area contributed by atoms with E-state index < -0.39 is 0 Å². The SMILES string of the molecule is CCOc1ccccc1C=C1Oc2cc(OCc3ccccc3C)ccc2C1=O. The highest BCUT2D eigenvalue weighted by atomic mass is 16.5. The Kier molecular flexibility index (Phi) is 5.34. The van der Waals surface area contributed by atoms with Crippen molar-refractivity contribution in [2.24, 2.45) is 0 Å². The van der Waals surface area contributed by atoms with Crippen LogP contribution in [0.25, 0.3) is 6.08 Å². The number of ether oxygens (including phenoxy) is 3. The molecular weight excluding hydrogens is 364 g/mol. The van der Waals surface area contributed by atoms with Gasteiger partial charge in [-0.1, -0.05) is 42.5 Å². The van der Waals surface area contributed by atoms with Gasteiger partial charge >= 0.3 is 0 Å². The number of carbonyl (C=O) groups is 1. The summed E-state index contributed by atoms with van der Waals surface area (Å²) in [4.78, 5) is 12.7. The van der Waals surface area contributed by atoms with Crippen LogP contribution in [0.5, 0.6) is 17.2 Å². The van der Waals surface area contributed by atoms with Gasteiger partial charge in [0.05, 0.1) is 12.2 Å². The zero-order valence-electron chi connectivity index (χ0n) is 16.5. The molecule has 1 aliphatic heterocycles. The number of rotatable bonds is 6. The predicted octanol–water partition coefficient (Wildman–Crippen LogP) is 5.59. The molecule has 0 spiro atoms. The highest BCUT2D eigenvalue weighted by Crippen LogP contribution is 2.36. The molecule has 0 saturated carbocycles. The van der Waals surface area contributed by atoms with Gasteiger partial charge in [-0.25, -0.2) is 0 Å². The van der Waals surface area contributed by atoms with Gasteiger partial charge in [-0.2, -0.15) is 0 Å². The summed E-state index contributed by atoms with van der Waals surface area (Å²) in [6.45, 7) is 5.00. The Morgan fingerprint density at radius 1 is 0.966 bits per heavy atom. The number of fused-ring (bicyclic) bond motifs is 1. The fraction of sp³-hybridized carbons (Fsp3) is 0.160. The summed E-state index contributed by atoms with van der Waals surface area (Å²) in [5.74, 6) is 2.03. The molecule has 0 radical (unpaired) electrons. The smallest absolute Gasteiger partial charge is 0.231 e. The zero-order valence-corrected chi connectivity index (χ0v) is 16.5. The number of Topliss-reactive ketones (excluding diaryl/α,β-unsaturated/α-hetero) is 1. The lowest BCUT2D eigenvalue weighted by atomic mass is 10.1. The zero-order chi connectivity index (χ0) is 20.2. The van der Waals surface area contributed by atoms with Crippen LogP contribution in [-0.2, 0) is 6.61 Å². The van der Waals surface area contributed by atoms with E-state index in [2.05, 4.69) is 13.0 Å². The van der Waals surface area contributed by atoms with Crippen molar-refractivity contribution in [3.8, 4) is 17.2 Å². The second kappa shape index (κ2) is 8.23. The van der Waals surface area contributed by atoms with Gasteiger partial charge in [0, 0.05) is 11.6 Å². The van der Waals surface area contributed by atoms with Crippen molar-refractivity contribution in [2.45, 2.75) is 20.5 Å². The van der Waals surface area contributed by atoms with E-state index in [9.17, 15) is 4.79 Å². The maximum atomic E-state index is 12.7. The van der Waals surface area contributed by atoms with Crippen molar-refractivity contribution in [2.75, 3.05) is 6.61 Å². The van der Waals surface area contributed by atoms with Gasteiger partial charge < -0.3 is 14.2 Å². The van der Waals surface area contributed by atoms with Crippen LogP contribution in [0.2, 0.25) is 0 Å². The summed E-state index contributed by atoms with van der Waals surface area (Å²) in [7, 11) is 0. The number of benzene rings is 3. The molecule has 0 unspecified atom stereocenters. The largest absolute Gasteiger partial charge is 0.493 e. The number of ketones is 1. The average molecular weight is 386 g/mol. The third kappa shape index (κ3) is 4.02. The minimum atomic E-state index is -0.142. The topological polar surface area (TPSA) is 44.8 Å². The lowest BCUT2D eigenvalue weighted by Crippen LogP contribution is -1.99. The molecule has 0 aliphatic carbocycles. The number of carbonyl (C=O) groups excluding carboxylic acids is 1. The second-order valence-electron chi connectivity index (χ2n) is 6.78. The number of aryl methyl sites for hydroxylation is 1. The van der Waals surface area contributed by atoms with Gasteiger partial charge in [-0.05, 0) is 49.2 Å². The van der Waals surface area contributed by atoms with Crippen molar-refractivity contribution in [1.82, 2.24) is 0 Å². The van der Waals surface area contributed by atoms with Crippen LogP contribution in [0.1, 0.15) is 34.0 Å². The van der Waals surface area contributed by atoms with Gasteiger partial charge in [0.25, 0.3) is 0 Å². The first kappa shape index (κ1) is 18.8. The first-order valence-electron chi connectivity index (χ1n) is 9.63. The Morgan fingerprint density at radius 2 is 1.76 bits per heavy atom. The molecule has 0 amide bonds. The molecule has 0 atom stereocenters. The Bertz CT molecular complexity index is 1080. The highest BCUT2D eigenvalue weighted by molar-refractivity contribution is 6.14. The molecule has 3 aromatic carbocycles. The molecular formula is C25H22O4. The minimum Gasteiger partial charge on any atom is -0.493 e. The highest BCUT2D eigenvalue weighted by Gasteiger charge is 2.28. The molecule has 1 aliphatic rings. The molecule has 0 fully saturated rings. The fourth-order valence-corrected chi connectivity index (χ4v) is 3.22. The molecule has 29 heavy (non-hydrogen) atoms. The molecule has 146 valence electrons. The van der Waals surface area contributed by atoms with Gasteiger partial charge in [-0.3, -0.25) is 4.79 Å². The third-order valence-electron chi connectivity index (χ3n) is 4.80. The summed E-state index contributed by atoms with van der Waals surface area (Å²) in [6, 6.07) is 21.0. The Hall–Kier alpha value is -3.53. The van der Waals surface area contributed by atoms with E-state index in [-0.39, 0.29) is 11.5 Å². The van der Waals surface area contributed by atoms with Crippen LogP contribution < -0.4 is 14.2 Å². The van der Waals surface area contributed by atoms with Crippen molar-refractivity contribution in [1.29, 1.82) is 0 Å². The number of allylic oxidation sites excluding steroid dienone is 1. The summed E-state index contributed by atoms with van der Waals surface area (Å²) in [5.41, 5.74) is 3.64. The van der Waals surface area contributed by atoms with Crippen molar-refractivity contribution in [3.63, 3.8) is 0 Å². The number of para-hydroxylation sites is 1. The van der Waals surface area contributed by atoms with E-state index in [4.69, 9.17) is 14.2 Å².